The molecule has 1 aromatic heterocycles. The molecular formula is C24H29N3O3S. The number of hydrogen-bond acceptors (Lipinski definition) is 5. The molecule has 2 aliphatic rings. The van der Waals surface area contributed by atoms with E-state index in [-0.39, 0.29) is 17.7 Å². The highest BCUT2D eigenvalue weighted by atomic mass is 32.1. The van der Waals surface area contributed by atoms with Gasteiger partial charge >= 0.3 is 0 Å². The van der Waals surface area contributed by atoms with Crippen LogP contribution in [0.2, 0.25) is 0 Å². The van der Waals surface area contributed by atoms with Crippen molar-refractivity contribution in [3.63, 3.8) is 0 Å². The second-order valence-corrected chi connectivity index (χ2v) is 9.14. The first-order valence-electron chi connectivity index (χ1n) is 10.8. The van der Waals surface area contributed by atoms with E-state index in [4.69, 9.17) is 4.74 Å². The fraction of sp³-hybridized carbons (Fsp3) is 0.458. The van der Waals surface area contributed by atoms with Crippen LogP contribution in [0.1, 0.15) is 40.2 Å². The number of methoxy groups -OCH3 is 1. The molecule has 0 saturated carbocycles. The molecule has 0 bridgehead atoms. The Morgan fingerprint density at radius 3 is 2.77 bits per heavy atom. The first-order chi connectivity index (χ1) is 15.1. The summed E-state index contributed by atoms with van der Waals surface area (Å²) in [6.45, 7) is 4.49. The summed E-state index contributed by atoms with van der Waals surface area (Å²) in [7, 11) is 1.66. The summed E-state index contributed by atoms with van der Waals surface area (Å²) in [4.78, 5) is 35.0. The molecular weight excluding hydrogens is 410 g/mol. The minimum atomic E-state index is -0.0215. The van der Waals surface area contributed by atoms with E-state index >= 15 is 0 Å². The SMILES string of the molecule is COc1cccc(CN2CC=CCC(C3CCN(C(=O)c4scnc4C)CC3)C2=O)c1. The van der Waals surface area contributed by atoms with E-state index in [0.29, 0.717) is 32.1 Å². The number of amides is 2. The molecule has 2 aromatic rings. The maximum absolute atomic E-state index is 13.4. The van der Waals surface area contributed by atoms with E-state index in [1.165, 1.54) is 11.3 Å². The summed E-state index contributed by atoms with van der Waals surface area (Å²) in [6.07, 6.45) is 6.75. The summed E-state index contributed by atoms with van der Waals surface area (Å²) in [6, 6.07) is 7.90. The van der Waals surface area contributed by atoms with Gasteiger partial charge in [-0.2, -0.15) is 0 Å². The average molecular weight is 440 g/mol. The number of allylic oxidation sites excluding steroid dienone is 1. The average Bonchev–Trinajstić information content (AvgIpc) is 3.15. The number of likely N-dealkylation sites (tertiary alicyclic amines) is 1. The van der Waals surface area contributed by atoms with Gasteiger partial charge in [-0.15, -0.1) is 11.3 Å². The third kappa shape index (κ3) is 4.82. The molecule has 7 heteroatoms. The number of piperidine rings is 1. The first-order valence-corrected chi connectivity index (χ1v) is 11.7. The van der Waals surface area contributed by atoms with Crippen molar-refractivity contribution in [2.45, 2.75) is 32.7 Å². The summed E-state index contributed by atoms with van der Waals surface area (Å²) in [5.74, 6) is 1.38. The highest BCUT2D eigenvalue weighted by Gasteiger charge is 2.35. The van der Waals surface area contributed by atoms with Crippen LogP contribution in [-0.4, -0.2) is 53.3 Å². The number of hydrogen-bond donors (Lipinski definition) is 0. The predicted octanol–water partition coefficient (Wildman–Crippen LogP) is 3.92. The molecule has 0 spiro atoms. The number of benzene rings is 1. The third-order valence-electron chi connectivity index (χ3n) is 6.35. The van der Waals surface area contributed by atoms with Gasteiger partial charge in [-0.05, 0) is 49.8 Å². The van der Waals surface area contributed by atoms with Gasteiger partial charge in [0, 0.05) is 32.1 Å². The second kappa shape index (κ2) is 9.64. The number of carbonyl (C=O) groups is 2. The lowest BCUT2D eigenvalue weighted by molar-refractivity contribution is -0.137. The predicted molar refractivity (Wildman–Crippen MR) is 121 cm³/mol. The van der Waals surface area contributed by atoms with E-state index in [1.807, 2.05) is 41.0 Å². The van der Waals surface area contributed by atoms with Crippen molar-refractivity contribution in [3.8, 4) is 5.75 Å². The van der Waals surface area contributed by atoms with Gasteiger partial charge in [-0.1, -0.05) is 24.3 Å². The zero-order valence-corrected chi connectivity index (χ0v) is 18.9. The Kier molecular flexibility index (Phi) is 6.70. The van der Waals surface area contributed by atoms with Crippen molar-refractivity contribution in [2.24, 2.45) is 11.8 Å². The van der Waals surface area contributed by atoms with Crippen LogP contribution < -0.4 is 4.74 Å². The number of aromatic nitrogens is 1. The molecule has 3 heterocycles. The van der Waals surface area contributed by atoms with Crippen LogP contribution in [0.15, 0.2) is 41.9 Å². The maximum atomic E-state index is 13.4. The molecule has 0 aliphatic carbocycles. The largest absolute Gasteiger partial charge is 0.497 e. The van der Waals surface area contributed by atoms with Crippen LogP contribution in [0.4, 0.5) is 0 Å². The Hall–Kier alpha value is -2.67. The molecule has 0 N–H and O–H groups in total. The van der Waals surface area contributed by atoms with E-state index in [9.17, 15) is 9.59 Å². The number of nitrogens with zero attached hydrogens (tertiary/aromatic N) is 3. The van der Waals surface area contributed by atoms with Crippen molar-refractivity contribution >= 4 is 23.2 Å². The zero-order valence-electron chi connectivity index (χ0n) is 18.1. The van der Waals surface area contributed by atoms with E-state index in [2.05, 4.69) is 17.1 Å². The lowest BCUT2D eigenvalue weighted by Crippen LogP contribution is -2.44. The van der Waals surface area contributed by atoms with Gasteiger partial charge in [0.1, 0.15) is 10.6 Å². The van der Waals surface area contributed by atoms with Crippen LogP contribution >= 0.6 is 11.3 Å². The summed E-state index contributed by atoms with van der Waals surface area (Å²) < 4.78 is 5.32. The molecule has 164 valence electrons. The summed E-state index contributed by atoms with van der Waals surface area (Å²) in [5, 5.41) is 0. The lowest BCUT2D eigenvalue weighted by Gasteiger charge is -2.36. The fourth-order valence-electron chi connectivity index (χ4n) is 4.55. The minimum absolute atomic E-state index is 0.0215. The molecule has 1 atom stereocenters. The van der Waals surface area contributed by atoms with Crippen LogP contribution in [0.5, 0.6) is 5.75 Å². The van der Waals surface area contributed by atoms with Crippen molar-refractivity contribution in [1.29, 1.82) is 0 Å². The third-order valence-corrected chi connectivity index (χ3v) is 7.27. The van der Waals surface area contributed by atoms with Crippen LogP contribution in [0.25, 0.3) is 0 Å². The van der Waals surface area contributed by atoms with Crippen molar-refractivity contribution in [2.75, 3.05) is 26.7 Å². The van der Waals surface area contributed by atoms with Gasteiger partial charge in [0.05, 0.1) is 18.3 Å². The molecule has 1 saturated heterocycles. The van der Waals surface area contributed by atoms with Crippen LogP contribution in [0, 0.1) is 18.8 Å². The fourth-order valence-corrected chi connectivity index (χ4v) is 5.32. The Balaban J connectivity index is 1.40. The highest BCUT2D eigenvalue weighted by molar-refractivity contribution is 7.11. The van der Waals surface area contributed by atoms with Gasteiger partial charge in [0.2, 0.25) is 5.91 Å². The maximum Gasteiger partial charge on any atom is 0.265 e. The van der Waals surface area contributed by atoms with Gasteiger partial charge in [-0.3, -0.25) is 9.59 Å². The van der Waals surface area contributed by atoms with Crippen molar-refractivity contribution in [3.05, 3.63) is 58.1 Å². The first kappa shape index (κ1) is 21.6. The number of rotatable bonds is 5. The van der Waals surface area contributed by atoms with Gasteiger partial charge in [0.15, 0.2) is 0 Å². The van der Waals surface area contributed by atoms with Crippen LogP contribution in [-0.2, 0) is 11.3 Å². The molecule has 31 heavy (non-hydrogen) atoms. The standard InChI is InChI=1S/C24H29N3O3S/c1-17-22(31-16-25-17)24(29)26-12-9-19(10-13-26)21-8-3-4-11-27(23(21)28)15-18-6-5-7-20(14-18)30-2/h3-7,14,16,19,21H,8-13,15H2,1-2H3. The quantitative estimate of drug-likeness (QED) is 0.663. The molecule has 6 nitrogen and oxygen atoms in total. The smallest absolute Gasteiger partial charge is 0.265 e. The molecule has 0 radical (unpaired) electrons. The van der Waals surface area contributed by atoms with Crippen molar-refractivity contribution < 1.29 is 14.3 Å². The Bertz CT molecular complexity index is 962. The molecule has 2 amide bonds. The molecule has 2 aliphatic heterocycles. The lowest BCUT2D eigenvalue weighted by atomic mass is 9.81. The number of aryl methyl sites for hydroxylation is 1. The number of ether oxygens (including phenoxy) is 1. The van der Waals surface area contributed by atoms with Crippen molar-refractivity contribution in [1.82, 2.24) is 14.8 Å². The second-order valence-electron chi connectivity index (χ2n) is 8.28. The zero-order chi connectivity index (χ0) is 21.8. The number of carbonyl (C=O) groups excluding carboxylic acids is 2. The van der Waals surface area contributed by atoms with Crippen LogP contribution in [0.3, 0.4) is 0 Å². The van der Waals surface area contributed by atoms with Gasteiger partial charge in [0.25, 0.3) is 5.91 Å². The van der Waals surface area contributed by atoms with E-state index in [0.717, 1.165) is 41.1 Å². The molecule has 1 aromatic carbocycles. The highest BCUT2D eigenvalue weighted by Crippen LogP contribution is 2.32. The molecule has 1 fully saturated rings. The van der Waals surface area contributed by atoms with Gasteiger partial charge in [-0.25, -0.2) is 4.98 Å². The Labute approximate surface area is 187 Å². The monoisotopic (exact) mass is 439 g/mol. The Morgan fingerprint density at radius 1 is 1.26 bits per heavy atom. The minimum Gasteiger partial charge on any atom is -0.497 e. The number of thiazole rings is 1. The Morgan fingerprint density at radius 2 is 2.06 bits per heavy atom. The van der Waals surface area contributed by atoms with E-state index < -0.39 is 0 Å². The van der Waals surface area contributed by atoms with Gasteiger partial charge < -0.3 is 14.5 Å². The topological polar surface area (TPSA) is 62.7 Å². The van der Waals surface area contributed by atoms with E-state index in [1.54, 1.807) is 12.6 Å². The normalized spacial score (nSPS) is 20.1. The summed E-state index contributed by atoms with van der Waals surface area (Å²) >= 11 is 1.41. The molecule has 4 rings (SSSR count). The summed E-state index contributed by atoms with van der Waals surface area (Å²) in [5.41, 5.74) is 3.60. The molecule has 1 unspecified atom stereocenters.